The maximum absolute atomic E-state index is 12.0. The second kappa shape index (κ2) is 8.01. The molecule has 0 aliphatic carbocycles. The van der Waals surface area contributed by atoms with Crippen molar-refractivity contribution < 1.29 is 23.8 Å². The Hall–Kier alpha value is -3.87. The smallest absolute Gasteiger partial charge is 0.335 e. The first-order valence-electron chi connectivity index (χ1n) is 7.98. The largest absolute Gasteiger partial charge is 0.497 e. The molecule has 7 nitrogen and oxygen atoms in total. The first-order valence-corrected chi connectivity index (χ1v) is 7.98. The second-order valence-corrected chi connectivity index (χ2v) is 5.51. The van der Waals surface area contributed by atoms with Crippen molar-refractivity contribution in [1.29, 1.82) is 0 Å². The number of carbonyl (C=O) groups excluding carboxylic acids is 1. The normalized spacial score (nSPS) is 10.7. The summed E-state index contributed by atoms with van der Waals surface area (Å²) in [5.74, 6) is 0.332. The molecule has 1 heterocycles. The van der Waals surface area contributed by atoms with Gasteiger partial charge >= 0.3 is 5.97 Å². The average Bonchev–Trinajstić information content (AvgIpc) is 3.17. The first-order chi connectivity index (χ1) is 13.1. The predicted molar refractivity (Wildman–Crippen MR) is 99.2 cm³/mol. The molecule has 0 fully saturated rings. The molecule has 0 bridgehead atoms. The quantitative estimate of drug-likeness (QED) is 0.515. The summed E-state index contributed by atoms with van der Waals surface area (Å²) in [5, 5.41) is 12.8. The van der Waals surface area contributed by atoms with E-state index in [9.17, 15) is 9.59 Å². The Kier molecular flexibility index (Phi) is 5.32. The zero-order chi connectivity index (χ0) is 19.2. The fraction of sp³-hybridized carbons (Fsp3) is 0.0500. The second-order valence-electron chi connectivity index (χ2n) is 5.51. The number of hydrazone groups is 1. The number of hydrogen-bond acceptors (Lipinski definition) is 5. The molecule has 1 aromatic heterocycles. The van der Waals surface area contributed by atoms with E-state index in [4.69, 9.17) is 14.3 Å². The molecule has 0 unspecified atom stereocenters. The van der Waals surface area contributed by atoms with Gasteiger partial charge in [0.1, 0.15) is 17.3 Å². The topological polar surface area (TPSA) is 101 Å². The van der Waals surface area contributed by atoms with Crippen molar-refractivity contribution >= 4 is 18.1 Å². The van der Waals surface area contributed by atoms with Crippen LogP contribution in [-0.2, 0) is 0 Å². The molecule has 27 heavy (non-hydrogen) atoms. The summed E-state index contributed by atoms with van der Waals surface area (Å²) in [4.78, 5) is 22.9. The molecule has 0 saturated carbocycles. The minimum absolute atomic E-state index is 0.202. The monoisotopic (exact) mass is 364 g/mol. The number of nitrogens with zero attached hydrogens (tertiary/aromatic N) is 1. The van der Waals surface area contributed by atoms with Gasteiger partial charge in [0, 0.05) is 11.1 Å². The van der Waals surface area contributed by atoms with Crippen LogP contribution in [0.15, 0.2) is 70.2 Å². The third-order valence-corrected chi connectivity index (χ3v) is 3.75. The zero-order valence-corrected chi connectivity index (χ0v) is 14.4. The summed E-state index contributed by atoms with van der Waals surface area (Å²) in [7, 11) is 1.55. The van der Waals surface area contributed by atoms with Gasteiger partial charge in [-0.05, 0) is 48.5 Å². The van der Waals surface area contributed by atoms with E-state index in [0.717, 1.165) is 5.56 Å². The van der Waals surface area contributed by atoms with Gasteiger partial charge in [-0.2, -0.15) is 5.10 Å². The number of amides is 1. The number of nitrogens with one attached hydrogen (secondary N) is 1. The molecule has 7 heteroatoms. The number of carboxylic acids is 1. The van der Waals surface area contributed by atoms with E-state index in [0.29, 0.717) is 22.8 Å². The van der Waals surface area contributed by atoms with E-state index in [-0.39, 0.29) is 11.5 Å². The van der Waals surface area contributed by atoms with E-state index >= 15 is 0 Å². The third kappa shape index (κ3) is 4.40. The van der Waals surface area contributed by atoms with Gasteiger partial charge < -0.3 is 14.3 Å². The van der Waals surface area contributed by atoms with Gasteiger partial charge in [0.05, 0.1) is 18.9 Å². The number of rotatable bonds is 6. The molecule has 2 N–H and O–H groups in total. The highest BCUT2D eigenvalue weighted by Gasteiger charge is 2.07. The lowest BCUT2D eigenvalue weighted by Crippen LogP contribution is -2.17. The summed E-state index contributed by atoms with van der Waals surface area (Å²) in [6.07, 6.45) is 1.39. The number of furan rings is 1. The zero-order valence-electron chi connectivity index (χ0n) is 14.4. The van der Waals surface area contributed by atoms with Crippen LogP contribution in [0.25, 0.3) is 11.3 Å². The van der Waals surface area contributed by atoms with Crippen molar-refractivity contribution in [1.82, 2.24) is 5.43 Å². The molecule has 2 aromatic carbocycles. The number of aromatic carboxylic acids is 1. The van der Waals surface area contributed by atoms with Crippen LogP contribution in [0.5, 0.6) is 5.75 Å². The first kappa shape index (κ1) is 17.9. The lowest BCUT2D eigenvalue weighted by Gasteiger charge is -2.01. The standard InChI is InChI=1S/C20H16N2O5/c1-26-16-8-6-14(7-9-16)19(23)22-21-12-17-10-11-18(27-17)13-2-4-15(5-3-13)20(24)25/h2-12H,1H3,(H,22,23)(H,24,25)/b21-12-. The van der Waals surface area contributed by atoms with E-state index in [1.807, 2.05) is 0 Å². The van der Waals surface area contributed by atoms with Gasteiger partial charge in [-0.1, -0.05) is 12.1 Å². The van der Waals surface area contributed by atoms with Crippen LogP contribution >= 0.6 is 0 Å². The van der Waals surface area contributed by atoms with Crippen LogP contribution in [0.3, 0.4) is 0 Å². The fourth-order valence-electron chi connectivity index (χ4n) is 2.32. The molecule has 0 atom stereocenters. The van der Waals surface area contributed by atoms with Crippen LogP contribution < -0.4 is 10.2 Å². The Bertz CT molecular complexity index is 972. The maximum atomic E-state index is 12.0. The van der Waals surface area contributed by atoms with Crippen molar-refractivity contribution in [3.05, 3.63) is 77.6 Å². The average molecular weight is 364 g/mol. The summed E-state index contributed by atoms with van der Waals surface area (Å²) in [6.45, 7) is 0. The molecule has 0 aliphatic heterocycles. The van der Waals surface area contributed by atoms with Gasteiger partial charge in [0.15, 0.2) is 0 Å². The van der Waals surface area contributed by atoms with Gasteiger partial charge in [0.25, 0.3) is 5.91 Å². The summed E-state index contributed by atoms with van der Waals surface area (Å²) in [5.41, 5.74) is 3.81. The highest BCUT2D eigenvalue weighted by Crippen LogP contribution is 2.22. The third-order valence-electron chi connectivity index (χ3n) is 3.75. The van der Waals surface area contributed by atoms with Gasteiger partial charge in [0.2, 0.25) is 0 Å². The van der Waals surface area contributed by atoms with Crippen LogP contribution in [-0.4, -0.2) is 30.3 Å². The van der Waals surface area contributed by atoms with Crippen molar-refractivity contribution in [3.8, 4) is 17.1 Å². The lowest BCUT2D eigenvalue weighted by molar-refractivity contribution is 0.0696. The van der Waals surface area contributed by atoms with Gasteiger partial charge in [-0.15, -0.1) is 0 Å². The Labute approximate surface area is 154 Å². The summed E-state index contributed by atoms with van der Waals surface area (Å²) >= 11 is 0. The number of carboxylic acid groups (broad SMARTS) is 1. The highest BCUT2D eigenvalue weighted by molar-refractivity contribution is 5.94. The van der Waals surface area contributed by atoms with Crippen molar-refractivity contribution in [2.45, 2.75) is 0 Å². The lowest BCUT2D eigenvalue weighted by atomic mass is 10.1. The van der Waals surface area contributed by atoms with E-state index in [1.54, 1.807) is 55.6 Å². The van der Waals surface area contributed by atoms with Crippen molar-refractivity contribution in [2.24, 2.45) is 5.10 Å². The number of benzene rings is 2. The Balaban J connectivity index is 1.62. The molecule has 0 aliphatic rings. The number of ether oxygens (including phenoxy) is 1. The Morgan fingerprint density at radius 3 is 2.30 bits per heavy atom. The van der Waals surface area contributed by atoms with E-state index in [1.165, 1.54) is 18.3 Å². The maximum Gasteiger partial charge on any atom is 0.335 e. The summed E-state index contributed by atoms with van der Waals surface area (Å²) < 4.78 is 10.7. The number of hydrogen-bond donors (Lipinski definition) is 2. The molecular formula is C20H16N2O5. The minimum atomic E-state index is -0.985. The van der Waals surface area contributed by atoms with Crippen molar-refractivity contribution in [3.63, 3.8) is 0 Å². The highest BCUT2D eigenvalue weighted by atomic mass is 16.5. The van der Waals surface area contributed by atoms with E-state index < -0.39 is 5.97 Å². The number of methoxy groups -OCH3 is 1. The molecule has 0 radical (unpaired) electrons. The summed E-state index contributed by atoms with van der Waals surface area (Å²) in [6, 6.07) is 16.4. The fourth-order valence-corrected chi connectivity index (χ4v) is 2.32. The molecule has 3 rings (SSSR count). The van der Waals surface area contributed by atoms with Gasteiger partial charge in [-0.3, -0.25) is 4.79 Å². The molecule has 1 amide bonds. The molecule has 3 aromatic rings. The van der Waals surface area contributed by atoms with E-state index in [2.05, 4.69) is 10.5 Å². The van der Waals surface area contributed by atoms with Crippen molar-refractivity contribution in [2.75, 3.05) is 7.11 Å². The van der Waals surface area contributed by atoms with Crippen LogP contribution in [0.2, 0.25) is 0 Å². The molecule has 136 valence electrons. The Morgan fingerprint density at radius 1 is 1.00 bits per heavy atom. The van der Waals surface area contributed by atoms with Crippen LogP contribution in [0.1, 0.15) is 26.5 Å². The predicted octanol–water partition coefficient (Wildman–Crippen LogP) is 3.42. The Morgan fingerprint density at radius 2 is 1.67 bits per heavy atom. The van der Waals surface area contributed by atoms with Crippen LogP contribution in [0.4, 0.5) is 0 Å². The molecular weight excluding hydrogens is 348 g/mol. The minimum Gasteiger partial charge on any atom is -0.497 e. The molecule has 0 spiro atoms. The number of carbonyl (C=O) groups is 2. The molecule has 0 saturated heterocycles. The van der Waals surface area contributed by atoms with Crippen LogP contribution in [0, 0.1) is 0 Å². The SMILES string of the molecule is COc1ccc(C(=O)N/N=C\c2ccc(-c3ccc(C(=O)O)cc3)o2)cc1. The van der Waals surface area contributed by atoms with Gasteiger partial charge in [-0.25, -0.2) is 10.2 Å².